The lowest BCUT2D eigenvalue weighted by Crippen LogP contribution is -2.08. The van der Waals surface area contributed by atoms with Crippen LogP contribution in [0.5, 0.6) is 0 Å². The third-order valence-corrected chi connectivity index (χ3v) is 4.41. The maximum atomic E-state index is 4.44. The zero-order valence-electron chi connectivity index (χ0n) is 14.3. The fourth-order valence-corrected chi connectivity index (χ4v) is 3.03. The normalized spacial score (nSPS) is 15.0. The predicted molar refractivity (Wildman–Crippen MR) is 95.1 cm³/mol. The van der Waals surface area contributed by atoms with Gasteiger partial charge < -0.3 is 0 Å². The Hall–Kier alpha value is -0.790. The van der Waals surface area contributed by atoms with Gasteiger partial charge in [0.15, 0.2) is 12.4 Å². The van der Waals surface area contributed by atoms with Gasteiger partial charge in [-0.2, -0.15) is 0 Å². The highest BCUT2D eigenvalue weighted by atomic mass is 15.0. The minimum atomic E-state index is 0.604. The summed E-state index contributed by atoms with van der Waals surface area (Å²) in [4.78, 5) is 8.89. The Morgan fingerprint density at radius 2 is 1.10 bits per heavy atom. The summed E-state index contributed by atoms with van der Waals surface area (Å²) in [6.07, 6.45) is 22.5. The molecule has 0 spiro atoms. The molecule has 21 heavy (non-hydrogen) atoms. The molecule has 0 aromatic heterocycles. The van der Waals surface area contributed by atoms with E-state index >= 15 is 0 Å². The first-order valence-corrected chi connectivity index (χ1v) is 9.32. The van der Waals surface area contributed by atoms with Crippen molar-refractivity contribution in [3.05, 3.63) is 6.17 Å². The van der Waals surface area contributed by atoms with Crippen LogP contribution in [0.1, 0.15) is 97.3 Å². The average Bonchev–Trinajstić information content (AvgIpc) is 3.02. The molecule has 1 heterocycles. The third kappa shape index (κ3) is 8.95. The van der Waals surface area contributed by atoms with E-state index in [0.717, 1.165) is 6.17 Å². The van der Waals surface area contributed by atoms with Gasteiger partial charge in [0.05, 0.1) is 5.92 Å². The molecule has 0 aliphatic carbocycles. The van der Waals surface area contributed by atoms with E-state index in [1.165, 1.54) is 83.5 Å². The van der Waals surface area contributed by atoms with Crippen molar-refractivity contribution in [3.8, 4) is 0 Å². The van der Waals surface area contributed by atoms with Crippen molar-refractivity contribution in [1.82, 2.24) is 0 Å². The lowest BCUT2D eigenvalue weighted by atomic mass is 9.92. The van der Waals surface area contributed by atoms with Gasteiger partial charge in [-0.25, -0.2) is 0 Å². The van der Waals surface area contributed by atoms with Crippen molar-refractivity contribution in [3.63, 3.8) is 0 Å². The summed E-state index contributed by atoms with van der Waals surface area (Å²) in [5.74, 6) is 0.604. The van der Waals surface area contributed by atoms with Crippen LogP contribution in [0.15, 0.2) is 9.98 Å². The van der Waals surface area contributed by atoms with E-state index < -0.39 is 0 Å². The maximum absolute atomic E-state index is 4.44. The van der Waals surface area contributed by atoms with Gasteiger partial charge in [0.1, 0.15) is 0 Å². The summed E-state index contributed by atoms with van der Waals surface area (Å²) in [6.45, 7) is 4.55. The highest BCUT2D eigenvalue weighted by molar-refractivity contribution is 6.18. The smallest absolute Gasteiger partial charge is 0.0965 e. The zero-order valence-corrected chi connectivity index (χ0v) is 14.3. The molecule has 0 N–H and O–H groups in total. The molecule has 0 aromatic rings. The highest BCUT2D eigenvalue weighted by Crippen LogP contribution is 2.30. The predicted octanol–water partition coefficient (Wildman–Crippen LogP) is 6.36. The summed E-state index contributed by atoms with van der Waals surface area (Å²) in [5.41, 5.74) is 0. The van der Waals surface area contributed by atoms with Crippen molar-refractivity contribution < 1.29 is 0 Å². The molecule has 1 aliphatic heterocycles. The summed E-state index contributed by atoms with van der Waals surface area (Å²) in [6, 6.07) is 0. The van der Waals surface area contributed by atoms with Crippen LogP contribution in [0.3, 0.4) is 0 Å². The number of nitrogens with zero attached hydrogens (tertiary/aromatic N) is 2. The van der Waals surface area contributed by atoms with Crippen molar-refractivity contribution in [2.24, 2.45) is 15.9 Å². The van der Waals surface area contributed by atoms with Crippen LogP contribution in [0.2, 0.25) is 0 Å². The molecule has 0 aromatic carbocycles. The van der Waals surface area contributed by atoms with Crippen LogP contribution in [0.4, 0.5) is 0 Å². The van der Waals surface area contributed by atoms with Crippen LogP contribution in [-0.2, 0) is 0 Å². The second kappa shape index (κ2) is 12.9. The quantitative estimate of drug-likeness (QED) is 0.263. The van der Waals surface area contributed by atoms with Gasteiger partial charge in [0.2, 0.25) is 6.17 Å². The number of unbranched alkanes of at least 4 members (excludes halogenated alkanes) is 9. The van der Waals surface area contributed by atoms with Crippen LogP contribution in [-0.4, -0.2) is 12.4 Å². The van der Waals surface area contributed by atoms with E-state index in [-0.39, 0.29) is 0 Å². The van der Waals surface area contributed by atoms with Crippen molar-refractivity contribution in [2.75, 3.05) is 0 Å². The molecule has 1 rings (SSSR count). The molecule has 0 radical (unpaired) electrons. The fraction of sp³-hybridized carbons (Fsp3) is 0.842. The van der Waals surface area contributed by atoms with E-state index in [0.29, 0.717) is 5.92 Å². The first kappa shape index (κ1) is 18.3. The van der Waals surface area contributed by atoms with Crippen molar-refractivity contribution >= 4 is 12.4 Å². The number of hydrogen-bond donors (Lipinski definition) is 0. The third-order valence-electron chi connectivity index (χ3n) is 4.41. The Kier molecular flexibility index (Phi) is 11.2. The summed E-state index contributed by atoms with van der Waals surface area (Å²) in [7, 11) is 0. The molecular weight excluding hydrogens is 256 g/mol. The summed E-state index contributed by atoms with van der Waals surface area (Å²) in [5, 5.41) is 0. The molecule has 0 fully saturated rings. The molecular formula is C19H35N2+. The van der Waals surface area contributed by atoms with Gasteiger partial charge in [0, 0.05) is 0 Å². The molecule has 120 valence electrons. The van der Waals surface area contributed by atoms with Crippen molar-refractivity contribution in [2.45, 2.75) is 97.3 Å². The van der Waals surface area contributed by atoms with E-state index in [4.69, 9.17) is 0 Å². The average molecular weight is 292 g/mol. The summed E-state index contributed by atoms with van der Waals surface area (Å²) >= 11 is 0. The van der Waals surface area contributed by atoms with Crippen LogP contribution in [0, 0.1) is 12.1 Å². The SMILES string of the molecule is CCCCCCCCCC(CCCCCC)[C+]1N=CC=N1. The lowest BCUT2D eigenvalue weighted by Gasteiger charge is -2.14. The van der Waals surface area contributed by atoms with E-state index in [1.807, 2.05) is 12.4 Å². The molecule has 0 bridgehead atoms. The van der Waals surface area contributed by atoms with Crippen LogP contribution in [0.25, 0.3) is 0 Å². The Morgan fingerprint density at radius 3 is 1.62 bits per heavy atom. The second-order valence-electron chi connectivity index (χ2n) is 6.37. The Labute approximate surface area is 132 Å². The van der Waals surface area contributed by atoms with Gasteiger partial charge >= 0.3 is 0 Å². The van der Waals surface area contributed by atoms with E-state index in [2.05, 4.69) is 23.8 Å². The molecule has 0 saturated carbocycles. The number of hydrogen-bond acceptors (Lipinski definition) is 2. The molecule has 2 heteroatoms. The minimum absolute atomic E-state index is 0.604. The zero-order chi connectivity index (χ0) is 15.2. The number of aliphatic imine (C=N–C) groups is 2. The van der Waals surface area contributed by atoms with Gasteiger partial charge in [0.25, 0.3) is 0 Å². The Bertz CT molecular complexity index is 271. The van der Waals surface area contributed by atoms with E-state index in [9.17, 15) is 0 Å². The monoisotopic (exact) mass is 291 g/mol. The first-order chi connectivity index (χ1) is 10.4. The lowest BCUT2D eigenvalue weighted by molar-refractivity contribution is 0.411. The molecule has 0 amide bonds. The standard InChI is InChI=1S/C19H35N2/c1-3-5-7-9-10-11-13-15-18(14-12-8-6-4-2)19-20-16-17-21-19/h16-18H,3-15H2,1-2H3/q+1. The first-order valence-electron chi connectivity index (χ1n) is 9.32. The molecule has 1 aliphatic rings. The minimum Gasteiger partial charge on any atom is -0.0965 e. The highest BCUT2D eigenvalue weighted by Gasteiger charge is 2.27. The maximum Gasteiger partial charge on any atom is 0.243 e. The summed E-state index contributed by atoms with van der Waals surface area (Å²) < 4.78 is 0. The fourth-order valence-electron chi connectivity index (χ4n) is 3.03. The largest absolute Gasteiger partial charge is 0.243 e. The molecule has 1 atom stereocenters. The Balaban J connectivity index is 2.13. The van der Waals surface area contributed by atoms with Crippen LogP contribution < -0.4 is 0 Å². The topological polar surface area (TPSA) is 24.7 Å². The number of rotatable bonds is 14. The van der Waals surface area contributed by atoms with Crippen LogP contribution >= 0.6 is 0 Å². The second-order valence-corrected chi connectivity index (χ2v) is 6.37. The van der Waals surface area contributed by atoms with Gasteiger partial charge in [-0.3, -0.25) is 0 Å². The van der Waals surface area contributed by atoms with Gasteiger partial charge in [-0.05, 0) is 12.8 Å². The van der Waals surface area contributed by atoms with E-state index in [1.54, 1.807) is 0 Å². The van der Waals surface area contributed by atoms with Gasteiger partial charge in [-0.1, -0.05) is 94.5 Å². The molecule has 0 saturated heterocycles. The molecule has 2 nitrogen and oxygen atoms in total. The molecule has 1 unspecified atom stereocenters. The van der Waals surface area contributed by atoms with Gasteiger partial charge in [-0.15, -0.1) is 0 Å². The van der Waals surface area contributed by atoms with Crippen molar-refractivity contribution in [1.29, 1.82) is 0 Å². The Morgan fingerprint density at radius 1 is 0.667 bits per heavy atom.